The lowest BCUT2D eigenvalue weighted by Crippen LogP contribution is -2.13. The summed E-state index contributed by atoms with van der Waals surface area (Å²) in [6, 6.07) is 13.5. The summed E-state index contributed by atoms with van der Waals surface area (Å²) in [7, 11) is 1.60. The third-order valence-corrected chi connectivity index (χ3v) is 3.46. The van der Waals surface area contributed by atoms with Crippen molar-refractivity contribution in [1.82, 2.24) is 0 Å². The van der Waals surface area contributed by atoms with Crippen molar-refractivity contribution in [1.29, 1.82) is 0 Å². The number of rotatable bonds is 5. The van der Waals surface area contributed by atoms with Crippen LogP contribution in [0.25, 0.3) is 0 Å². The molecule has 0 aliphatic carbocycles. The minimum atomic E-state index is -0.125. The number of benzene rings is 2. The largest absolute Gasteiger partial charge is 0.495 e. The van der Waals surface area contributed by atoms with Gasteiger partial charge in [0.1, 0.15) is 5.75 Å². The van der Waals surface area contributed by atoms with Crippen LogP contribution in [0.4, 0.5) is 5.69 Å². The zero-order valence-electron chi connectivity index (χ0n) is 13.6. The third kappa shape index (κ3) is 4.10. The van der Waals surface area contributed by atoms with Gasteiger partial charge in [-0.05, 0) is 54.7 Å². The number of hydrogen-bond acceptors (Lipinski definition) is 2. The zero-order valence-corrected chi connectivity index (χ0v) is 13.6. The maximum absolute atomic E-state index is 12.4. The monoisotopic (exact) mass is 297 g/mol. The molecule has 0 saturated carbocycles. The SMILES string of the molecule is COc1ccc(C)cc1NC(=O)c1ccc(CC(C)C)cc1. The summed E-state index contributed by atoms with van der Waals surface area (Å²) in [5.41, 5.74) is 3.66. The van der Waals surface area contributed by atoms with Gasteiger partial charge in [-0.1, -0.05) is 32.0 Å². The number of anilines is 1. The lowest BCUT2D eigenvalue weighted by molar-refractivity contribution is 0.102. The van der Waals surface area contributed by atoms with Crippen molar-refractivity contribution in [3.05, 3.63) is 59.2 Å². The predicted octanol–water partition coefficient (Wildman–Crippen LogP) is 4.45. The maximum Gasteiger partial charge on any atom is 0.255 e. The molecule has 0 atom stereocenters. The van der Waals surface area contributed by atoms with Crippen molar-refractivity contribution in [2.75, 3.05) is 12.4 Å². The first kappa shape index (κ1) is 16.1. The Kier molecular flexibility index (Phi) is 5.21. The number of aryl methyl sites for hydroxylation is 1. The Morgan fingerprint density at radius 1 is 1.14 bits per heavy atom. The fourth-order valence-electron chi connectivity index (χ4n) is 2.38. The van der Waals surface area contributed by atoms with E-state index in [4.69, 9.17) is 4.74 Å². The number of carbonyl (C=O) groups excluding carboxylic acids is 1. The third-order valence-electron chi connectivity index (χ3n) is 3.46. The van der Waals surface area contributed by atoms with Gasteiger partial charge in [0.2, 0.25) is 0 Å². The van der Waals surface area contributed by atoms with Crippen molar-refractivity contribution < 1.29 is 9.53 Å². The van der Waals surface area contributed by atoms with Gasteiger partial charge < -0.3 is 10.1 Å². The number of ether oxygens (including phenoxy) is 1. The summed E-state index contributed by atoms with van der Waals surface area (Å²) in [5.74, 6) is 1.15. The smallest absolute Gasteiger partial charge is 0.255 e. The maximum atomic E-state index is 12.4. The summed E-state index contributed by atoms with van der Waals surface area (Å²) < 4.78 is 5.29. The molecule has 1 amide bonds. The molecule has 0 fully saturated rings. The second-order valence-corrected chi connectivity index (χ2v) is 5.95. The molecule has 116 valence electrons. The van der Waals surface area contributed by atoms with Crippen molar-refractivity contribution in [2.45, 2.75) is 27.2 Å². The van der Waals surface area contributed by atoms with E-state index in [-0.39, 0.29) is 5.91 Å². The minimum absolute atomic E-state index is 0.125. The topological polar surface area (TPSA) is 38.3 Å². The number of nitrogens with one attached hydrogen (secondary N) is 1. The molecular formula is C19H23NO2. The second kappa shape index (κ2) is 7.12. The van der Waals surface area contributed by atoms with Crippen LogP contribution in [0.1, 0.15) is 35.3 Å². The van der Waals surface area contributed by atoms with E-state index in [0.29, 0.717) is 22.9 Å². The van der Waals surface area contributed by atoms with E-state index in [1.165, 1.54) is 5.56 Å². The molecule has 0 heterocycles. The normalized spacial score (nSPS) is 10.6. The molecule has 1 N–H and O–H groups in total. The molecule has 2 aromatic carbocycles. The van der Waals surface area contributed by atoms with E-state index in [1.54, 1.807) is 7.11 Å². The molecule has 0 radical (unpaired) electrons. The second-order valence-electron chi connectivity index (χ2n) is 5.95. The van der Waals surface area contributed by atoms with Gasteiger partial charge in [0.15, 0.2) is 0 Å². The minimum Gasteiger partial charge on any atom is -0.495 e. The Hall–Kier alpha value is -2.29. The highest BCUT2D eigenvalue weighted by molar-refractivity contribution is 6.05. The molecule has 3 nitrogen and oxygen atoms in total. The predicted molar refractivity (Wildman–Crippen MR) is 90.7 cm³/mol. The van der Waals surface area contributed by atoms with Crippen LogP contribution in [0, 0.1) is 12.8 Å². The summed E-state index contributed by atoms with van der Waals surface area (Å²) in [6.07, 6.45) is 1.02. The molecule has 0 unspecified atom stereocenters. The Morgan fingerprint density at radius 2 is 1.82 bits per heavy atom. The van der Waals surface area contributed by atoms with Gasteiger partial charge in [-0.15, -0.1) is 0 Å². The van der Waals surface area contributed by atoms with Gasteiger partial charge in [-0.3, -0.25) is 4.79 Å². The van der Waals surface area contributed by atoms with Gasteiger partial charge in [0, 0.05) is 5.56 Å². The van der Waals surface area contributed by atoms with E-state index in [9.17, 15) is 4.79 Å². The number of methoxy groups -OCH3 is 1. The van der Waals surface area contributed by atoms with Gasteiger partial charge in [0.05, 0.1) is 12.8 Å². The highest BCUT2D eigenvalue weighted by Gasteiger charge is 2.10. The molecule has 0 bridgehead atoms. The quantitative estimate of drug-likeness (QED) is 0.885. The molecule has 0 spiro atoms. The average molecular weight is 297 g/mol. The van der Waals surface area contributed by atoms with Crippen LogP contribution in [0.5, 0.6) is 5.75 Å². The van der Waals surface area contributed by atoms with Crippen LogP contribution >= 0.6 is 0 Å². The molecule has 0 aromatic heterocycles. The fraction of sp³-hybridized carbons (Fsp3) is 0.316. The summed E-state index contributed by atoms with van der Waals surface area (Å²) in [5, 5.41) is 2.91. The zero-order chi connectivity index (χ0) is 16.1. The first-order chi connectivity index (χ1) is 10.5. The summed E-state index contributed by atoms with van der Waals surface area (Å²) in [6.45, 7) is 6.35. The molecule has 0 aliphatic rings. The van der Waals surface area contributed by atoms with E-state index < -0.39 is 0 Å². The average Bonchev–Trinajstić information content (AvgIpc) is 2.47. The van der Waals surface area contributed by atoms with Crippen LogP contribution in [0.15, 0.2) is 42.5 Å². The highest BCUT2D eigenvalue weighted by Crippen LogP contribution is 2.25. The number of hydrogen-bond donors (Lipinski definition) is 1. The molecule has 3 heteroatoms. The van der Waals surface area contributed by atoms with Crippen molar-refractivity contribution in [3.63, 3.8) is 0 Å². The summed E-state index contributed by atoms with van der Waals surface area (Å²) in [4.78, 5) is 12.4. The molecule has 2 aromatic rings. The Balaban J connectivity index is 2.14. The van der Waals surface area contributed by atoms with Crippen LogP contribution in [-0.2, 0) is 6.42 Å². The van der Waals surface area contributed by atoms with Crippen LogP contribution in [0.2, 0.25) is 0 Å². The van der Waals surface area contributed by atoms with E-state index in [1.807, 2.05) is 49.4 Å². The van der Waals surface area contributed by atoms with Crippen LogP contribution in [-0.4, -0.2) is 13.0 Å². The lowest BCUT2D eigenvalue weighted by atomic mass is 10.0. The van der Waals surface area contributed by atoms with Gasteiger partial charge in [0.25, 0.3) is 5.91 Å². The van der Waals surface area contributed by atoms with Crippen molar-refractivity contribution in [2.24, 2.45) is 5.92 Å². The molecule has 0 aliphatic heterocycles. The van der Waals surface area contributed by atoms with E-state index >= 15 is 0 Å². The highest BCUT2D eigenvalue weighted by atomic mass is 16.5. The van der Waals surface area contributed by atoms with Crippen molar-refractivity contribution >= 4 is 11.6 Å². The summed E-state index contributed by atoms with van der Waals surface area (Å²) >= 11 is 0. The standard InChI is InChI=1S/C19H23NO2/c1-13(2)11-15-6-8-16(9-7-15)19(21)20-17-12-14(3)5-10-18(17)22-4/h5-10,12-13H,11H2,1-4H3,(H,20,21). The number of amides is 1. The Labute approximate surface area is 132 Å². The lowest BCUT2D eigenvalue weighted by Gasteiger charge is -2.11. The first-order valence-electron chi connectivity index (χ1n) is 7.54. The van der Waals surface area contributed by atoms with Gasteiger partial charge >= 0.3 is 0 Å². The first-order valence-corrected chi connectivity index (χ1v) is 7.54. The number of carbonyl (C=O) groups is 1. The van der Waals surface area contributed by atoms with Crippen molar-refractivity contribution in [3.8, 4) is 5.75 Å². The molecular weight excluding hydrogens is 274 g/mol. The van der Waals surface area contributed by atoms with Crippen LogP contribution < -0.4 is 10.1 Å². The molecule has 2 rings (SSSR count). The van der Waals surface area contributed by atoms with Crippen LogP contribution in [0.3, 0.4) is 0 Å². The molecule has 0 saturated heterocycles. The molecule has 22 heavy (non-hydrogen) atoms. The van der Waals surface area contributed by atoms with E-state index in [0.717, 1.165) is 12.0 Å². The van der Waals surface area contributed by atoms with E-state index in [2.05, 4.69) is 19.2 Å². The fourth-order valence-corrected chi connectivity index (χ4v) is 2.38. The van der Waals surface area contributed by atoms with Gasteiger partial charge in [-0.25, -0.2) is 0 Å². The Morgan fingerprint density at radius 3 is 2.41 bits per heavy atom. The van der Waals surface area contributed by atoms with Gasteiger partial charge in [-0.2, -0.15) is 0 Å². The Bertz CT molecular complexity index is 645.